The van der Waals surface area contributed by atoms with Gasteiger partial charge in [-0.1, -0.05) is 49.5 Å². The van der Waals surface area contributed by atoms with Crippen LogP contribution in [0.2, 0.25) is 0 Å². The summed E-state index contributed by atoms with van der Waals surface area (Å²) in [6.45, 7) is 12.3. The molecular formula is C23H24N6Pd. The van der Waals surface area contributed by atoms with E-state index in [0.717, 1.165) is 45.5 Å². The molecule has 0 N–H and O–H groups in total. The smallest absolute Gasteiger partial charge is 0.343 e. The Kier molecular flexibility index (Phi) is 6.07. The zero-order chi connectivity index (χ0) is 20.8. The minimum absolute atomic E-state index is 0. The largest absolute Gasteiger partial charge is 2.00 e. The Morgan fingerprint density at radius 2 is 1.10 bits per heavy atom. The molecule has 156 valence electrons. The fourth-order valence-electron chi connectivity index (χ4n) is 3.26. The van der Waals surface area contributed by atoms with Gasteiger partial charge in [-0.2, -0.15) is 0 Å². The third-order valence-corrected chi connectivity index (χ3v) is 4.93. The van der Waals surface area contributed by atoms with Gasteiger partial charge in [0.25, 0.3) is 0 Å². The van der Waals surface area contributed by atoms with E-state index in [4.69, 9.17) is 9.97 Å². The predicted molar refractivity (Wildman–Crippen MR) is 111 cm³/mol. The predicted octanol–water partition coefficient (Wildman–Crippen LogP) is 4.01. The van der Waals surface area contributed by atoms with Crippen molar-refractivity contribution in [2.24, 2.45) is 0 Å². The molecule has 0 unspecified atom stereocenters. The minimum atomic E-state index is -0.411. The first-order valence-corrected chi connectivity index (χ1v) is 9.60. The Balaban J connectivity index is 0.00000256. The Morgan fingerprint density at radius 3 is 1.43 bits per heavy atom. The summed E-state index contributed by atoms with van der Waals surface area (Å²) >= 11 is 0. The first-order valence-electron chi connectivity index (χ1n) is 9.60. The molecule has 4 rings (SSSR count). The molecule has 0 amide bonds. The van der Waals surface area contributed by atoms with Gasteiger partial charge in [0.2, 0.25) is 0 Å². The molecule has 0 saturated carbocycles. The molecule has 7 heteroatoms. The third kappa shape index (κ3) is 4.28. The van der Waals surface area contributed by atoms with Crippen LogP contribution in [0.5, 0.6) is 0 Å². The normalized spacial score (nSPS) is 11.4. The van der Waals surface area contributed by atoms with E-state index in [1.54, 1.807) is 9.36 Å². The quantitative estimate of drug-likeness (QED) is 0.320. The van der Waals surface area contributed by atoms with E-state index >= 15 is 0 Å². The van der Waals surface area contributed by atoms with Gasteiger partial charge in [0, 0.05) is 16.8 Å². The molecule has 6 nitrogen and oxygen atoms in total. The monoisotopic (exact) mass is 490 g/mol. The number of nitrogens with zero attached hydrogens (tertiary/aromatic N) is 6. The fraction of sp³-hybridized carbons (Fsp3) is 0.304. The molecule has 0 radical (unpaired) electrons. The van der Waals surface area contributed by atoms with E-state index < -0.39 is 5.41 Å². The van der Waals surface area contributed by atoms with Crippen molar-refractivity contribution in [3.63, 3.8) is 0 Å². The molecule has 0 saturated heterocycles. The number of hydrogen-bond acceptors (Lipinski definition) is 4. The molecule has 0 aromatic carbocycles. The van der Waals surface area contributed by atoms with Gasteiger partial charge in [-0.25, -0.2) is 0 Å². The summed E-state index contributed by atoms with van der Waals surface area (Å²) in [5.41, 5.74) is 5.49. The molecule has 0 aliphatic rings. The van der Waals surface area contributed by atoms with Gasteiger partial charge in [-0.15, -0.1) is 12.1 Å². The van der Waals surface area contributed by atoms with Crippen molar-refractivity contribution in [3.05, 3.63) is 82.7 Å². The number of aryl methyl sites for hydroxylation is 4. The standard InChI is InChI=1S/C23H24N6.Pd/c1-15-11-19(24-21(13-15)28-9-7-17(3)26-28)23(5,6)20-12-16(2)14-22(25-20)29-10-8-18(4)27-29;/h7-8,11-14H,1-6H3;/q-2;+2. The molecule has 0 bridgehead atoms. The van der Waals surface area contributed by atoms with Crippen molar-refractivity contribution in [1.29, 1.82) is 0 Å². The second kappa shape index (κ2) is 8.25. The van der Waals surface area contributed by atoms with E-state index in [1.807, 2.05) is 38.1 Å². The van der Waals surface area contributed by atoms with Crippen molar-refractivity contribution in [1.82, 2.24) is 29.5 Å². The van der Waals surface area contributed by atoms with Gasteiger partial charge in [0.15, 0.2) is 0 Å². The second-order valence-corrected chi connectivity index (χ2v) is 8.05. The molecule has 0 spiro atoms. The Bertz CT molecular complexity index is 1100. The van der Waals surface area contributed by atoms with Crippen LogP contribution in [0, 0.1) is 40.1 Å². The minimum Gasteiger partial charge on any atom is -0.343 e. The van der Waals surface area contributed by atoms with Gasteiger partial charge in [-0.05, 0) is 51.2 Å². The Hall–Kier alpha value is -2.62. The van der Waals surface area contributed by atoms with Crippen molar-refractivity contribution in [3.8, 4) is 11.6 Å². The SMILES string of the molecule is Cc1cc(-n2[c-]cc(C)n2)nc(C(C)(C)c2cc(C)cc(-n3[c-]cc(C)n3)n2)c1.[Pd+2]. The zero-order valence-electron chi connectivity index (χ0n) is 18.0. The average Bonchev–Trinajstić information content (AvgIpc) is 3.29. The van der Waals surface area contributed by atoms with Gasteiger partial charge < -0.3 is 9.36 Å². The molecule has 0 aliphatic heterocycles. The number of hydrogen-bond donors (Lipinski definition) is 0. The Labute approximate surface area is 191 Å². The summed E-state index contributed by atoms with van der Waals surface area (Å²) in [7, 11) is 0. The van der Waals surface area contributed by atoms with Gasteiger partial charge in [0.05, 0.1) is 11.6 Å². The van der Waals surface area contributed by atoms with Crippen molar-refractivity contribution >= 4 is 0 Å². The summed E-state index contributed by atoms with van der Waals surface area (Å²) < 4.78 is 3.39. The van der Waals surface area contributed by atoms with E-state index in [1.165, 1.54) is 0 Å². The molecule has 0 atom stereocenters. The maximum Gasteiger partial charge on any atom is 2.00 e. The third-order valence-electron chi connectivity index (χ3n) is 4.93. The number of aromatic nitrogens is 6. The average molecular weight is 491 g/mol. The molecule has 0 fully saturated rings. The summed E-state index contributed by atoms with van der Waals surface area (Å²) in [6, 6.07) is 11.9. The van der Waals surface area contributed by atoms with Gasteiger partial charge >= 0.3 is 20.4 Å². The zero-order valence-corrected chi connectivity index (χ0v) is 19.5. The number of rotatable bonds is 4. The van der Waals surface area contributed by atoms with Crippen LogP contribution in [-0.4, -0.2) is 29.5 Å². The van der Waals surface area contributed by atoms with Crippen LogP contribution >= 0.6 is 0 Å². The van der Waals surface area contributed by atoms with Crippen LogP contribution in [0.3, 0.4) is 0 Å². The van der Waals surface area contributed by atoms with E-state index in [0.29, 0.717) is 0 Å². The molecular weight excluding hydrogens is 467 g/mol. The van der Waals surface area contributed by atoms with Crippen molar-refractivity contribution < 1.29 is 20.4 Å². The second-order valence-electron chi connectivity index (χ2n) is 8.05. The van der Waals surface area contributed by atoms with Crippen LogP contribution in [-0.2, 0) is 25.8 Å². The van der Waals surface area contributed by atoms with E-state index in [-0.39, 0.29) is 20.4 Å². The van der Waals surface area contributed by atoms with Crippen LogP contribution in [0.4, 0.5) is 0 Å². The summed E-state index contributed by atoms with van der Waals surface area (Å²) in [5, 5.41) is 8.91. The molecule has 4 heterocycles. The van der Waals surface area contributed by atoms with Crippen molar-refractivity contribution in [2.45, 2.75) is 47.0 Å². The van der Waals surface area contributed by atoms with Crippen LogP contribution in [0.15, 0.2) is 36.4 Å². The Morgan fingerprint density at radius 1 is 0.700 bits per heavy atom. The van der Waals surface area contributed by atoms with Crippen LogP contribution in [0.1, 0.15) is 47.8 Å². The van der Waals surface area contributed by atoms with E-state index in [9.17, 15) is 0 Å². The molecule has 0 aliphatic carbocycles. The fourth-order valence-corrected chi connectivity index (χ4v) is 3.26. The van der Waals surface area contributed by atoms with Gasteiger partial charge in [0.1, 0.15) is 0 Å². The topological polar surface area (TPSA) is 61.4 Å². The maximum absolute atomic E-state index is 4.90. The molecule has 4 aromatic heterocycles. The molecule has 4 aromatic rings. The summed E-state index contributed by atoms with van der Waals surface area (Å²) in [6.07, 6.45) is 6.24. The van der Waals surface area contributed by atoms with Crippen molar-refractivity contribution in [2.75, 3.05) is 0 Å². The maximum atomic E-state index is 4.90. The summed E-state index contributed by atoms with van der Waals surface area (Å²) in [4.78, 5) is 9.80. The summed E-state index contributed by atoms with van der Waals surface area (Å²) in [5.74, 6) is 1.51. The van der Waals surface area contributed by atoms with E-state index in [2.05, 4.69) is 62.4 Å². The first-order chi connectivity index (χ1) is 13.7. The van der Waals surface area contributed by atoms with Crippen LogP contribution in [0.25, 0.3) is 11.6 Å². The first kappa shape index (κ1) is 22.1. The van der Waals surface area contributed by atoms with Crippen LogP contribution < -0.4 is 0 Å². The van der Waals surface area contributed by atoms with Gasteiger partial charge in [-0.3, -0.25) is 20.2 Å². The molecule has 30 heavy (non-hydrogen) atoms. The number of pyridine rings is 2.